The van der Waals surface area contributed by atoms with E-state index >= 15 is 0 Å². The van der Waals surface area contributed by atoms with E-state index in [-0.39, 0.29) is 17.9 Å². The first-order chi connectivity index (χ1) is 13.6. The summed E-state index contributed by atoms with van der Waals surface area (Å²) in [5.74, 6) is 0.0786. The van der Waals surface area contributed by atoms with Gasteiger partial charge in [0.05, 0.1) is 23.5 Å². The Labute approximate surface area is 169 Å². The van der Waals surface area contributed by atoms with Crippen molar-refractivity contribution < 1.29 is 22.9 Å². The summed E-state index contributed by atoms with van der Waals surface area (Å²) in [6, 6.07) is 11.2. The van der Waals surface area contributed by atoms with Crippen molar-refractivity contribution in [3.05, 3.63) is 64.2 Å². The van der Waals surface area contributed by atoms with Crippen LogP contribution in [0.2, 0.25) is 0 Å². The number of non-ortho nitro benzene ring substituents is 1. The van der Waals surface area contributed by atoms with Crippen LogP contribution in [0.1, 0.15) is 19.4 Å². The molecule has 1 amide bonds. The maximum Gasteiger partial charge on any atom is 0.271 e. The second-order valence-electron chi connectivity index (χ2n) is 6.27. The number of nitro groups is 1. The molecule has 0 fully saturated rings. The number of nitro benzene ring substituents is 1. The zero-order valence-electron chi connectivity index (χ0n) is 16.4. The molecular formula is C19H23N3O6S. The van der Waals surface area contributed by atoms with Crippen LogP contribution in [0.5, 0.6) is 5.75 Å². The lowest BCUT2D eigenvalue weighted by molar-refractivity contribution is -0.384. The molecule has 0 saturated heterocycles. The van der Waals surface area contributed by atoms with E-state index in [0.717, 1.165) is 22.2 Å². The normalized spacial score (nSPS) is 12.1. The molecular weight excluding hydrogens is 398 g/mol. The van der Waals surface area contributed by atoms with Crippen molar-refractivity contribution in [2.45, 2.75) is 26.4 Å². The molecule has 0 radical (unpaired) electrons. The quantitative estimate of drug-likeness (QED) is 0.491. The van der Waals surface area contributed by atoms with Crippen LogP contribution in [0.25, 0.3) is 0 Å². The first-order valence-corrected chi connectivity index (χ1v) is 10.7. The average Bonchev–Trinajstić information content (AvgIpc) is 2.66. The zero-order chi connectivity index (χ0) is 21.6. The summed E-state index contributed by atoms with van der Waals surface area (Å²) < 4.78 is 31.0. The van der Waals surface area contributed by atoms with Gasteiger partial charge in [0.2, 0.25) is 15.9 Å². The highest BCUT2D eigenvalue weighted by molar-refractivity contribution is 7.92. The topological polar surface area (TPSA) is 119 Å². The summed E-state index contributed by atoms with van der Waals surface area (Å²) >= 11 is 0. The second-order valence-corrected chi connectivity index (χ2v) is 8.13. The van der Waals surface area contributed by atoms with Gasteiger partial charge in [0.15, 0.2) is 0 Å². The van der Waals surface area contributed by atoms with E-state index in [1.165, 1.54) is 25.1 Å². The van der Waals surface area contributed by atoms with Crippen LogP contribution < -0.4 is 14.4 Å². The number of benzene rings is 2. The van der Waals surface area contributed by atoms with Crippen molar-refractivity contribution in [3.63, 3.8) is 0 Å². The Hall–Kier alpha value is -3.14. The molecule has 1 atom stereocenters. The highest BCUT2D eigenvalue weighted by Gasteiger charge is 2.30. The van der Waals surface area contributed by atoms with Gasteiger partial charge in [-0.2, -0.15) is 0 Å². The lowest BCUT2D eigenvalue weighted by Crippen LogP contribution is -2.47. The van der Waals surface area contributed by atoms with Crippen molar-refractivity contribution in [3.8, 4) is 5.75 Å². The predicted octanol–water partition coefficient (Wildman–Crippen LogP) is 2.46. The number of hydrogen-bond donors (Lipinski definition) is 1. The molecule has 0 heterocycles. The molecule has 0 saturated carbocycles. The van der Waals surface area contributed by atoms with Crippen LogP contribution in [-0.4, -0.2) is 38.2 Å². The molecule has 0 aliphatic carbocycles. The predicted molar refractivity (Wildman–Crippen MR) is 109 cm³/mol. The van der Waals surface area contributed by atoms with Gasteiger partial charge >= 0.3 is 0 Å². The molecule has 0 aliphatic rings. The third-order valence-corrected chi connectivity index (χ3v) is 5.35. The van der Waals surface area contributed by atoms with Gasteiger partial charge in [0, 0.05) is 24.2 Å². The molecule has 2 aromatic carbocycles. The molecule has 10 heteroatoms. The van der Waals surface area contributed by atoms with Gasteiger partial charge in [-0.3, -0.25) is 19.2 Å². The minimum atomic E-state index is -3.88. The first-order valence-electron chi connectivity index (χ1n) is 8.87. The SMILES string of the molecule is CCOc1ccccc1CNC(=O)[C@@H](C)N(c1cccc([N+](=O)[O-])c1)S(C)(=O)=O. The maximum absolute atomic E-state index is 12.7. The molecule has 156 valence electrons. The van der Waals surface area contributed by atoms with Crippen molar-refractivity contribution in [2.75, 3.05) is 17.2 Å². The van der Waals surface area contributed by atoms with Crippen LogP contribution in [0.3, 0.4) is 0 Å². The van der Waals surface area contributed by atoms with Gasteiger partial charge in [-0.1, -0.05) is 24.3 Å². The minimum Gasteiger partial charge on any atom is -0.494 e. The lowest BCUT2D eigenvalue weighted by atomic mass is 10.2. The van der Waals surface area contributed by atoms with Crippen LogP contribution in [0, 0.1) is 10.1 Å². The maximum atomic E-state index is 12.7. The molecule has 1 N–H and O–H groups in total. The molecule has 0 bridgehead atoms. The molecule has 0 unspecified atom stereocenters. The Bertz CT molecular complexity index is 993. The van der Waals surface area contributed by atoms with Crippen LogP contribution in [0.4, 0.5) is 11.4 Å². The fraction of sp³-hybridized carbons (Fsp3) is 0.316. The van der Waals surface area contributed by atoms with Crippen molar-refractivity contribution in [1.29, 1.82) is 0 Å². The third kappa shape index (κ3) is 5.67. The van der Waals surface area contributed by atoms with Gasteiger partial charge in [-0.05, 0) is 26.0 Å². The number of sulfonamides is 1. The summed E-state index contributed by atoms with van der Waals surface area (Å²) in [4.78, 5) is 23.1. The van der Waals surface area contributed by atoms with Crippen molar-refractivity contribution >= 4 is 27.3 Å². The van der Waals surface area contributed by atoms with Crippen LogP contribution in [0.15, 0.2) is 48.5 Å². The zero-order valence-corrected chi connectivity index (χ0v) is 17.2. The van der Waals surface area contributed by atoms with Crippen molar-refractivity contribution in [1.82, 2.24) is 5.32 Å². The number of hydrogen-bond acceptors (Lipinski definition) is 6. The number of carbonyl (C=O) groups excluding carboxylic acids is 1. The number of amides is 1. The Morgan fingerprint density at radius 3 is 2.55 bits per heavy atom. The van der Waals surface area contributed by atoms with Gasteiger partial charge in [0.25, 0.3) is 5.69 Å². The Morgan fingerprint density at radius 1 is 1.24 bits per heavy atom. The molecule has 0 aliphatic heterocycles. The van der Waals surface area contributed by atoms with Crippen LogP contribution >= 0.6 is 0 Å². The van der Waals surface area contributed by atoms with E-state index in [1.54, 1.807) is 18.2 Å². The molecule has 2 aromatic rings. The van der Waals surface area contributed by atoms with E-state index in [2.05, 4.69) is 5.32 Å². The average molecular weight is 421 g/mol. The summed E-state index contributed by atoms with van der Waals surface area (Å²) in [6.07, 6.45) is 0.944. The molecule has 9 nitrogen and oxygen atoms in total. The number of ether oxygens (including phenoxy) is 1. The summed E-state index contributed by atoms with van der Waals surface area (Å²) in [5.41, 5.74) is 0.518. The Balaban J connectivity index is 2.24. The number of carbonyl (C=O) groups is 1. The lowest BCUT2D eigenvalue weighted by Gasteiger charge is -2.28. The number of rotatable bonds is 9. The Morgan fingerprint density at radius 2 is 1.93 bits per heavy atom. The highest BCUT2D eigenvalue weighted by atomic mass is 32.2. The second kappa shape index (κ2) is 9.37. The van der Waals surface area contributed by atoms with E-state index < -0.39 is 26.9 Å². The standard InChI is InChI=1S/C19H23N3O6S/c1-4-28-18-11-6-5-8-15(18)13-20-19(23)14(2)21(29(3,26)27)16-9-7-10-17(12-16)22(24)25/h5-12,14H,4,13H2,1-3H3,(H,20,23)/t14-/m1/s1. The monoisotopic (exact) mass is 421 g/mol. The fourth-order valence-corrected chi connectivity index (χ4v) is 4.00. The largest absolute Gasteiger partial charge is 0.494 e. The molecule has 0 spiro atoms. The third-order valence-electron chi connectivity index (χ3n) is 4.11. The van der Waals surface area contributed by atoms with Gasteiger partial charge in [-0.15, -0.1) is 0 Å². The summed E-state index contributed by atoms with van der Waals surface area (Å²) in [6.45, 7) is 3.88. The van der Waals surface area contributed by atoms with Crippen molar-refractivity contribution in [2.24, 2.45) is 0 Å². The fourth-order valence-electron chi connectivity index (χ4n) is 2.83. The van der Waals surface area contributed by atoms with Gasteiger partial charge in [-0.25, -0.2) is 8.42 Å². The van der Waals surface area contributed by atoms with E-state index in [9.17, 15) is 23.3 Å². The van der Waals surface area contributed by atoms with Crippen LogP contribution in [-0.2, 0) is 21.4 Å². The molecule has 0 aromatic heterocycles. The van der Waals surface area contributed by atoms with E-state index in [1.807, 2.05) is 13.0 Å². The Kier molecular flexibility index (Phi) is 7.16. The highest BCUT2D eigenvalue weighted by Crippen LogP contribution is 2.25. The van der Waals surface area contributed by atoms with Gasteiger partial charge < -0.3 is 10.1 Å². The smallest absolute Gasteiger partial charge is 0.271 e. The van der Waals surface area contributed by atoms with Gasteiger partial charge in [0.1, 0.15) is 11.8 Å². The minimum absolute atomic E-state index is 0.0408. The molecule has 29 heavy (non-hydrogen) atoms. The molecule has 2 rings (SSSR count). The summed E-state index contributed by atoms with van der Waals surface area (Å²) in [7, 11) is -3.88. The summed E-state index contributed by atoms with van der Waals surface area (Å²) in [5, 5.41) is 13.7. The number of anilines is 1. The first kappa shape index (κ1) is 22.2. The number of para-hydroxylation sites is 1. The van der Waals surface area contributed by atoms with E-state index in [0.29, 0.717) is 12.4 Å². The number of nitrogens with zero attached hydrogens (tertiary/aromatic N) is 2. The van der Waals surface area contributed by atoms with E-state index in [4.69, 9.17) is 4.74 Å². The number of nitrogens with one attached hydrogen (secondary N) is 1.